The standard InChI is InChI=1S/C15H13IN2O3/c1-10(11-6-8-12(16)9-7-11)17-15(19)13-4-2-3-5-14(13)18(20)21/h2-10H,1H3,(H,17,19)/t10-/m1/s1. The van der Waals surface area contributed by atoms with Gasteiger partial charge in [0, 0.05) is 9.64 Å². The second-order valence-corrected chi connectivity index (χ2v) is 5.77. The van der Waals surface area contributed by atoms with Crippen LogP contribution in [0.5, 0.6) is 0 Å². The Balaban J connectivity index is 2.18. The van der Waals surface area contributed by atoms with Crippen LogP contribution in [0.3, 0.4) is 0 Å². The van der Waals surface area contributed by atoms with Crippen LogP contribution in [0, 0.1) is 13.7 Å². The molecule has 0 bridgehead atoms. The number of hydrogen-bond donors (Lipinski definition) is 1. The second kappa shape index (κ2) is 6.66. The third kappa shape index (κ3) is 3.78. The molecule has 0 heterocycles. The van der Waals surface area contributed by atoms with Crippen molar-refractivity contribution in [2.24, 2.45) is 0 Å². The van der Waals surface area contributed by atoms with Crippen LogP contribution in [0.2, 0.25) is 0 Å². The number of amides is 1. The van der Waals surface area contributed by atoms with Gasteiger partial charge in [-0.1, -0.05) is 24.3 Å². The zero-order valence-electron chi connectivity index (χ0n) is 11.2. The zero-order chi connectivity index (χ0) is 15.4. The fourth-order valence-electron chi connectivity index (χ4n) is 1.93. The number of rotatable bonds is 4. The normalized spacial score (nSPS) is 11.7. The van der Waals surface area contributed by atoms with E-state index in [1.54, 1.807) is 6.07 Å². The van der Waals surface area contributed by atoms with Crippen LogP contribution in [-0.4, -0.2) is 10.8 Å². The Labute approximate surface area is 135 Å². The van der Waals surface area contributed by atoms with Gasteiger partial charge >= 0.3 is 0 Å². The number of nitrogens with zero attached hydrogens (tertiary/aromatic N) is 1. The third-order valence-electron chi connectivity index (χ3n) is 3.06. The summed E-state index contributed by atoms with van der Waals surface area (Å²) in [6, 6.07) is 13.4. The van der Waals surface area contributed by atoms with E-state index in [-0.39, 0.29) is 17.3 Å². The molecule has 0 fully saturated rings. The molecule has 0 spiro atoms. The topological polar surface area (TPSA) is 72.2 Å². The van der Waals surface area contributed by atoms with E-state index in [1.807, 2.05) is 31.2 Å². The van der Waals surface area contributed by atoms with Crippen molar-refractivity contribution >= 4 is 34.2 Å². The molecule has 0 aliphatic rings. The summed E-state index contributed by atoms with van der Waals surface area (Å²) in [6.07, 6.45) is 0. The minimum Gasteiger partial charge on any atom is -0.345 e. The Bertz CT molecular complexity index is 671. The van der Waals surface area contributed by atoms with Crippen molar-refractivity contribution in [3.05, 3.63) is 73.3 Å². The summed E-state index contributed by atoms with van der Waals surface area (Å²) < 4.78 is 1.11. The molecule has 0 unspecified atom stereocenters. The number of halogens is 1. The van der Waals surface area contributed by atoms with Gasteiger partial charge in [-0.2, -0.15) is 0 Å². The molecule has 21 heavy (non-hydrogen) atoms. The van der Waals surface area contributed by atoms with Gasteiger partial charge < -0.3 is 5.32 Å². The Morgan fingerprint density at radius 2 is 1.81 bits per heavy atom. The van der Waals surface area contributed by atoms with Crippen LogP contribution >= 0.6 is 22.6 Å². The first-order valence-electron chi connectivity index (χ1n) is 6.29. The minimum atomic E-state index is -0.551. The molecule has 2 aromatic rings. The molecule has 2 aromatic carbocycles. The highest BCUT2D eigenvalue weighted by Crippen LogP contribution is 2.20. The lowest BCUT2D eigenvalue weighted by Gasteiger charge is -2.14. The van der Waals surface area contributed by atoms with Gasteiger partial charge in [0.1, 0.15) is 5.56 Å². The van der Waals surface area contributed by atoms with Crippen molar-refractivity contribution in [1.29, 1.82) is 0 Å². The molecule has 108 valence electrons. The molecule has 6 heteroatoms. The minimum absolute atomic E-state index is 0.0693. The summed E-state index contributed by atoms with van der Waals surface area (Å²) in [4.78, 5) is 22.6. The van der Waals surface area contributed by atoms with E-state index in [4.69, 9.17) is 0 Å². The number of benzene rings is 2. The van der Waals surface area contributed by atoms with Gasteiger partial charge in [0.25, 0.3) is 11.6 Å². The molecule has 5 nitrogen and oxygen atoms in total. The van der Waals surface area contributed by atoms with Gasteiger partial charge in [-0.3, -0.25) is 14.9 Å². The average molecular weight is 396 g/mol. The van der Waals surface area contributed by atoms with Crippen LogP contribution in [-0.2, 0) is 0 Å². The quantitative estimate of drug-likeness (QED) is 0.487. The monoisotopic (exact) mass is 396 g/mol. The molecule has 1 N–H and O–H groups in total. The molecular formula is C15H13IN2O3. The highest BCUT2D eigenvalue weighted by Gasteiger charge is 2.20. The fraction of sp³-hybridized carbons (Fsp3) is 0.133. The molecule has 0 aromatic heterocycles. The lowest BCUT2D eigenvalue weighted by Crippen LogP contribution is -2.27. The Morgan fingerprint density at radius 3 is 2.43 bits per heavy atom. The van der Waals surface area contributed by atoms with Crippen molar-refractivity contribution in [3.63, 3.8) is 0 Å². The van der Waals surface area contributed by atoms with Crippen LogP contribution < -0.4 is 5.32 Å². The zero-order valence-corrected chi connectivity index (χ0v) is 13.4. The number of nitrogens with one attached hydrogen (secondary N) is 1. The second-order valence-electron chi connectivity index (χ2n) is 4.52. The first-order valence-corrected chi connectivity index (χ1v) is 7.36. The highest BCUT2D eigenvalue weighted by molar-refractivity contribution is 14.1. The SMILES string of the molecule is C[C@@H](NC(=O)c1ccccc1[N+](=O)[O-])c1ccc(I)cc1. The average Bonchev–Trinajstić information content (AvgIpc) is 2.47. The predicted octanol–water partition coefficient (Wildman–Crippen LogP) is 3.69. The Hall–Kier alpha value is -1.96. The maximum Gasteiger partial charge on any atom is 0.282 e. The first kappa shape index (κ1) is 15.4. The molecular weight excluding hydrogens is 383 g/mol. The number of hydrogen-bond acceptors (Lipinski definition) is 3. The van der Waals surface area contributed by atoms with E-state index in [2.05, 4.69) is 27.9 Å². The van der Waals surface area contributed by atoms with E-state index in [0.29, 0.717) is 0 Å². The molecule has 0 aliphatic heterocycles. The predicted molar refractivity (Wildman–Crippen MR) is 88.1 cm³/mol. The van der Waals surface area contributed by atoms with Gasteiger partial charge in [-0.15, -0.1) is 0 Å². The molecule has 0 saturated heterocycles. The van der Waals surface area contributed by atoms with Crippen molar-refractivity contribution in [1.82, 2.24) is 5.32 Å². The highest BCUT2D eigenvalue weighted by atomic mass is 127. The van der Waals surface area contributed by atoms with Gasteiger partial charge in [0.05, 0.1) is 11.0 Å². The smallest absolute Gasteiger partial charge is 0.282 e. The lowest BCUT2D eigenvalue weighted by molar-refractivity contribution is -0.385. The largest absolute Gasteiger partial charge is 0.345 e. The summed E-state index contributed by atoms with van der Waals surface area (Å²) >= 11 is 2.20. The van der Waals surface area contributed by atoms with E-state index in [0.717, 1.165) is 9.13 Å². The van der Waals surface area contributed by atoms with Crippen LogP contribution in [0.25, 0.3) is 0 Å². The number of para-hydroxylation sites is 1. The van der Waals surface area contributed by atoms with Gasteiger partial charge in [-0.05, 0) is 53.3 Å². The maximum atomic E-state index is 12.2. The molecule has 0 radical (unpaired) electrons. The van der Waals surface area contributed by atoms with Crippen LogP contribution in [0.15, 0.2) is 48.5 Å². The van der Waals surface area contributed by atoms with Gasteiger partial charge in [0.15, 0.2) is 0 Å². The van der Waals surface area contributed by atoms with Crippen LogP contribution in [0.1, 0.15) is 28.9 Å². The van der Waals surface area contributed by atoms with Crippen molar-refractivity contribution in [3.8, 4) is 0 Å². The first-order chi connectivity index (χ1) is 9.99. The van der Waals surface area contributed by atoms with Gasteiger partial charge in [-0.25, -0.2) is 0 Å². The van der Waals surface area contributed by atoms with E-state index >= 15 is 0 Å². The van der Waals surface area contributed by atoms with E-state index in [9.17, 15) is 14.9 Å². The fourth-order valence-corrected chi connectivity index (χ4v) is 2.29. The molecule has 0 aliphatic carbocycles. The number of carbonyl (C=O) groups excluding carboxylic acids is 1. The Morgan fingerprint density at radius 1 is 1.19 bits per heavy atom. The summed E-state index contributed by atoms with van der Waals surface area (Å²) in [6.45, 7) is 1.84. The maximum absolute atomic E-state index is 12.2. The van der Waals surface area contributed by atoms with Gasteiger partial charge in [0.2, 0.25) is 0 Å². The van der Waals surface area contributed by atoms with E-state index < -0.39 is 10.8 Å². The summed E-state index contributed by atoms with van der Waals surface area (Å²) in [5.41, 5.74) is 0.826. The molecule has 0 saturated carbocycles. The van der Waals surface area contributed by atoms with Crippen molar-refractivity contribution in [2.45, 2.75) is 13.0 Å². The molecule has 1 amide bonds. The summed E-state index contributed by atoms with van der Waals surface area (Å²) in [5.74, 6) is -0.451. The summed E-state index contributed by atoms with van der Waals surface area (Å²) in [7, 11) is 0. The van der Waals surface area contributed by atoms with Crippen LogP contribution in [0.4, 0.5) is 5.69 Å². The molecule has 1 atom stereocenters. The Kier molecular flexibility index (Phi) is 4.89. The lowest BCUT2D eigenvalue weighted by atomic mass is 10.1. The third-order valence-corrected chi connectivity index (χ3v) is 3.78. The van der Waals surface area contributed by atoms with E-state index in [1.165, 1.54) is 18.2 Å². The number of nitro benzene ring substituents is 1. The van der Waals surface area contributed by atoms with Crippen molar-refractivity contribution in [2.75, 3.05) is 0 Å². The summed E-state index contributed by atoms with van der Waals surface area (Å²) in [5, 5.41) is 13.7. The number of nitro groups is 1. The number of carbonyl (C=O) groups is 1. The molecule has 2 rings (SSSR count). The van der Waals surface area contributed by atoms with Crippen molar-refractivity contribution < 1.29 is 9.72 Å².